The van der Waals surface area contributed by atoms with Crippen LogP contribution in [-0.4, -0.2) is 53.3 Å². The quantitative estimate of drug-likeness (QED) is 0.213. The molecule has 224 valence electrons. The van der Waals surface area contributed by atoms with E-state index in [0.717, 1.165) is 82.5 Å². The van der Waals surface area contributed by atoms with E-state index in [9.17, 15) is 4.79 Å². The first-order valence-corrected chi connectivity index (χ1v) is 17.3. The van der Waals surface area contributed by atoms with E-state index in [0.29, 0.717) is 12.8 Å². The van der Waals surface area contributed by atoms with Gasteiger partial charge in [-0.05, 0) is 99.1 Å². The van der Waals surface area contributed by atoms with Gasteiger partial charge in [-0.15, -0.1) is 23.5 Å². The zero-order valence-corrected chi connectivity index (χ0v) is 25.6. The Morgan fingerprint density at radius 1 is 0.951 bits per heavy atom. The van der Waals surface area contributed by atoms with Crippen LogP contribution in [0.3, 0.4) is 0 Å². The van der Waals surface area contributed by atoms with Crippen LogP contribution in [0.15, 0.2) is 60.6 Å². The van der Waals surface area contributed by atoms with E-state index in [-0.39, 0.29) is 28.5 Å². The highest BCUT2D eigenvalue weighted by atomic mass is 32.2. The molecule has 0 saturated carbocycles. The Morgan fingerprint density at radius 3 is 2.39 bits per heavy atom. The number of aryl methyl sites for hydroxylation is 1. The minimum absolute atomic E-state index is 0.112. The number of benzene rings is 1. The number of hydrogen-bond donors (Lipinski definition) is 0. The van der Waals surface area contributed by atoms with Crippen molar-refractivity contribution in [1.82, 2.24) is 0 Å². The summed E-state index contributed by atoms with van der Waals surface area (Å²) in [5, 5.41) is 0. The van der Waals surface area contributed by atoms with Crippen LogP contribution < -0.4 is 4.74 Å². The number of rotatable bonds is 13. The third-order valence-electron chi connectivity index (χ3n) is 7.79. The van der Waals surface area contributed by atoms with Crippen molar-refractivity contribution < 1.29 is 28.5 Å². The maximum atomic E-state index is 12.7. The van der Waals surface area contributed by atoms with Crippen molar-refractivity contribution in [2.75, 3.05) is 24.7 Å². The van der Waals surface area contributed by atoms with Crippen molar-refractivity contribution in [2.24, 2.45) is 0 Å². The number of thioether (sulfide) groups is 2. The Labute approximate surface area is 253 Å². The van der Waals surface area contributed by atoms with E-state index in [1.54, 1.807) is 12.3 Å². The van der Waals surface area contributed by atoms with Crippen LogP contribution in [-0.2, 0) is 30.2 Å². The van der Waals surface area contributed by atoms with Gasteiger partial charge in [-0.3, -0.25) is 4.79 Å². The highest BCUT2D eigenvalue weighted by molar-refractivity contribution is 8.18. The summed E-state index contributed by atoms with van der Waals surface area (Å²) in [6.07, 6.45) is 20.6. The van der Waals surface area contributed by atoms with E-state index in [4.69, 9.17) is 23.7 Å². The van der Waals surface area contributed by atoms with Gasteiger partial charge in [0, 0.05) is 25.3 Å². The Balaban J connectivity index is 1.06. The van der Waals surface area contributed by atoms with Gasteiger partial charge in [0.1, 0.15) is 17.6 Å². The van der Waals surface area contributed by atoms with Crippen LogP contribution in [0, 0.1) is 0 Å². The molecule has 1 aromatic rings. The van der Waals surface area contributed by atoms with Crippen molar-refractivity contribution in [3.8, 4) is 5.75 Å². The fourth-order valence-electron chi connectivity index (χ4n) is 5.42. The predicted octanol–water partition coefficient (Wildman–Crippen LogP) is 7.73. The molecule has 4 aliphatic heterocycles. The lowest BCUT2D eigenvalue weighted by Gasteiger charge is -2.35. The summed E-state index contributed by atoms with van der Waals surface area (Å²) in [6, 6.07) is 8.50. The third kappa shape index (κ3) is 10.1. The van der Waals surface area contributed by atoms with Gasteiger partial charge in [0.25, 0.3) is 0 Å². The molecule has 4 aliphatic rings. The number of allylic oxidation sites excluding steroid dienone is 3. The Morgan fingerprint density at radius 2 is 1.68 bits per heavy atom. The Kier molecular flexibility index (Phi) is 12.0. The summed E-state index contributed by atoms with van der Waals surface area (Å²) in [7, 11) is 0. The maximum Gasteiger partial charge on any atom is 0.199 e. The monoisotopic (exact) mass is 600 g/mol. The van der Waals surface area contributed by atoms with Gasteiger partial charge < -0.3 is 23.7 Å². The molecule has 3 unspecified atom stereocenters. The Hall–Kier alpha value is -1.87. The average molecular weight is 601 g/mol. The molecule has 0 bridgehead atoms. The smallest absolute Gasteiger partial charge is 0.199 e. The van der Waals surface area contributed by atoms with Crippen molar-refractivity contribution in [2.45, 2.75) is 99.8 Å². The van der Waals surface area contributed by atoms with Crippen molar-refractivity contribution in [3.63, 3.8) is 0 Å². The summed E-state index contributed by atoms with van der Waals surface area (Å²) in [5.41, 5.74) is 1.32. The lowest BCUT2D eigenvalue weighted by atomic mass is 10.0. The minimum Gasteiger partial charge on any atom is -0.494 e. The number of hydrogen-bond acceptors (Lipinski definition) is 8. The zero-order valence-electron chi connectivity index (χ0n) is 24.0. The van der Waals surface area contributed by atoms with Crippen molar-refractivity contribution >= 4 is 29.3 Å². The zero-order chi connectivity index (χ0) is 28.2. The Bertz CT molecular complexity index is 1030. The predicted molar refractivity (Wildman–Crippen MR) is 166 cm³/mol. The molecule has 0 radical (unpaired) electrons. The summed E-state index contributed by atoms with van der Waals surface area (Å²) < 4.78 is 29.2. The van der Waals surface area contributed by atoms with E-state index in [1.165, 1.54) is 23.5 Å². The van der Waals surface area contributed by atoms with Crippen LogP contribution in [0.4, 0.5) is 0 Å². The number of ketones is 1. The molecule has 1 aromatic carbocycles. The maximum absolute atomic E-state index is 12.7. The van der Waals surface area contributed by atoms with Gasteiger partial charge >= 0.3 is 0 Å². The normalized spacial score (nSPS) is 26.2. The van der Waals surface area contributed by atoms with E-state index < -0.39 is 0 Å². The largest absolute Gasteiger partial charge is 0.494 e. The SMILES string of the molecule is O=C(C=CCC1(CCc2ccc(OC3CCCCO3)cc2)SCCCS1)CCC1C=C(OC2CCCCO2)C=CO1. The van der Waals surface area contributed by atoms with E-state index in [2.05, 4.69) is 53.9 Å². The molecule has 0 aliphatic carbocycles. The van der Waals surface area contributed by atoms with Crippen molar-refractivity contribution in [3.05, 3.63) is 66.2 Å². The second-order valence-electron chi connectivity index (χ2n) is 11.1. The van der Waals surface area contributed by atoms with Gasteiger partial charge in [-0.1, -0.05) is 18.2 Å². The first-order valence-electron chi connectivity index (χ1n) is 15.3. The van der Waals surface area contributed by atoms with Gasteiger partial charge in [0.15, 0.2) is 18.4 Å². The molecule has 0 aromatic heterocycles. The molecule has 41 heavy (non-hydrogen) atoms. The van der Waals surface area contributed by atoms with Gasteiger partial charge in [0.2, 0.25) is 0 Å². The number of carbonyl (C=O) groups is 1. The van der Waals surface area contributed by atoms with E-state index >= 15 is 0 Å². The molecular weight excluding hydrogens is 556 g/mol. The molecule has 3 atom stereocenters. The molecule has 3 fully saturated rings. The van der Waals surface area contributed by atoms with Crippen molar-refractivity contribution in [1.29, 1.82) is 0 Å². The molecule has 8 heteroatoms. The number of ether oxygens (including phenoxy) is 5. The summed E-state index contributed by atoms with van der Waals surface area (Å²) in [6.45, 7) is 1.54. The van der Waals surface area contributed by atoms with Crippen LogP contribution in [0.25, 0.3) is 0 Å². The second-order valence-corrected chi connectivity index (χ2v) is 14.3. The third-order valence-corrected chi connectivity index (χ3v) is 11.3. The second kappa shape index (κ2) is 16.1. The lowest BCUT2D eigenvalue weighted by molar-refractivity contribution is -0.137. The summed E-state index contributed by atoms with van der Waals surface area (Å²) in [5.74, 6) is 4.15. The molecular formula is C33H44O6S2. The molecule has 3 saturated heterocycles. The number of carbonyl (C=O) groups excluding carboxylic acids is 1. The topological polar surface area (TPSA) is 63.2 Å². The lowest BCUT2D eigenvalue weighted by Crippen LogP contribution is -2.25. The van der Waals surface area contributed by atoms with Gasteiger partial charge in [-0.25, -0.2) is 0 Å². The highest BCUT2D eigenvalue weighted by Gasteiger charge is 2.32. The highest BCUT2D eigenvalue weighted by Crippen LogP contribution is 2.48. The molecule has 6 nitrogen and oxygen atoms in total. The minimum atomic E-state index is -0.180. The fraction of sp³-hybridized carbons (Fsp3) is 0.606. The van der Waals surface area contributed by atoms with Gasteiger partial charge in [-0.2, -0.15) is 0 Å². The van der Waals surface area contributed by atoms with E-state index in [1.807, 2.05) is 12.2 Å². The fourth-order valence-corrected chi connectivity index (χ4v) is 8.67. The van der Waals surface area contributed by atoms with Crippen LogP contribution in [0.5, 0.6) is 5.75 Å². The first-order chi connectivity index (χ1) is 20.2. The van der Waals surface area contributed by atoms with Crippen LogP contribution in [0.1, 0.15) is 76.2 Å². The summed E-state index contributed by atoms with van der Waals surface area (Å²) >= 11 is 4.12. The van der Waals surface area contributed by atoms with Crippen LogP contribution >= 0.6 is 23.5 Å². The van der Waals surface area contributed by atoms with Gasteiger partial charge in [0.05, 0.1) is 23.6 Å². The summed E-state index contributed by atoms with van der Waals surface area (Å²) in [4.78, 5) is 12.7. The van der Waals surface area contributed by atoms with Crippen LogP contribution in [0.2, 0.25) is 0 Å². The standard InChI is InChI=1S/C33H44O6S2/c34-27(12-15-29-25-30(17-22-35-29)39-32-9-2-4-21-37-32)7-5-18-33(40-23-6-24-41-33)19-16-26-10-13-28(14-11-26)38-31-8-1-3-20-36-31/h5,7,10-11,13-14,17,22,25,29,31-32H,1-4,6,8-9,12,15-16,18-21,23-24H2. The molecule has 5 rings (SSSR count). The first kappa shape index (κ1) is 30.6. The molecule has 0 spiro atoms. The average Bonchev–Trinajstić information content (AvgIpc) is 3.01. The molecule has 0 N–H and O–H groups in total. The molecule has 0 amide bonds. The molecule has 4 heterocycles.